The summed E-state index contributed by atoms with van der Waals surface area (Å²) in [4.78, 5) is 40.5. The predicted molar refractivity (Wildman–Crippen MR) is 89.4 cm³/mol. The van der Waals surface area contributed by atoms with Crippen molar-refractivity contribution in [2.75, 3.05) is 13.2 Å². The van der Waals surface area contributed by atoms with Gasteiger partial charge in [0.1, 0.15) is 0 Å². The van der Waals surface area contributed by atoms with Crippen LogP contribution in [0, 0.1) is 5.41 Å². The van der Waals surface area contributed by atoms with Gasteiger partial charge < -0.3 is 19.8 Å². The second-order valence-electron chi connectivity index (χ2n) is 7.23. The number of benzene rings is 1. The molecule has 1 saturated heterocycles. The number of rotatable bonds is 2. The fraction of sp³-hybridized carbons (Fsp3) is 0.526. The molecule has 2 N–H and O–H groups in total. The van der Waals surface area contributed by atoms with Gasteiger partial charge in [0.05, 0.1) is 12.1 Å². The number of phenols is 2. The van der Waals surface area contributed by atoms with Crippen molar-refractivity contribution in [1.82, 2.24) is 4.90 Å². The number of esters is 1. The Labute approximate surface area is 150 Å². The number of nitrogens with zero attached hydrogens (tertiary/aromatic N) is 1. The SMILES string of the molecule is CCOC(=O)[C@@]12CCCC[C@@]13c1cc(O)c(O)cc1CCN3C(=O)C2=O. The number of Topliss-reactive ketones (excluding diaryl/α,β-unsaturated/α-hetero) is 1. The van der Waals surface area contributed by atoms with E-state index in [-0.39, 0.29) is 24.5 Å². The molecule has 0 aromatic heterocycles. The number of aromatic hydroxyl groups is 2. The monoisotopic (exact) mass is 359 g/mol. The summed E-state index contributed by atoms with van der Waals surface area (Å²) in [7, 11) is 0. The molecule has 1 aromatic carbocycles. The van der Waals surface area contributed by atoms with Gasteiger partial charge in [-0.25, -0.2) is 0 Å². The first-order chi connectivity index (χ1) is 12.4. The third-order valence-corrected chi connectivity index (χ3v) is 6.21. The highest BCUT2D eigenvalue weighted by atomic mass is 16.5. The van der Waals surface area contributed by atoms with Crippen LogP contribution in [-0.4, -0.2) is 45.9 Å². The van der Waals surface area contributed by atoms with Crippen LogP contribution >= 0.6 is 0 Å². The predicted octanol–water partition coefficient (Wildman–Crippen LogP) is 1.38. The maximum absolute atomic E-state index is 13.1. The molecule has 3 aliphatic rings. The van der Waals surface area contributed by atoms with Crippen LogP contribution < -0.4 is 0 Å². The van der Waals surface area contributed by atoms with Crippen LogP contribution in [0.1, 0.15) is 43.7 Å². The van der Waals surface area contributed by atoms with Crippen molar-refractivity contribution in [3.05, 3.63) is 23.3 Å². The third-order valence-electron chi connectivity index (χ3n) is 6.21. The zero-order valence-corrected chi connectivity index (χ0v) is 14.6. The van der Waals surface area contributed by atoms with Crippen molar-refractivity contribution < 1.29 is 29.3 Å². The van der Waals surface area contributed by atoms with Gasteiger partial charge in [-0.1, -0.05) is 12.8 Å². The Kier molecular flexibility index (Phi) is 3.54. The van der Waals surface area contributed by atoms with E-state index < -0.39 is 28.6 Å². The van der Waals surface area contributed by atoms with Crippen LogP contribution in [0.25, 0.3) is 0 Å². The third kappa shape index (κ3) is 1.75. The van der Waals surface area contributed by atoms with Crippen LogP contribution in [0.3, 0.4) is 0 Å². The van der Waals surface area contributed by atoms with E-state index in [9.17, 15) is 24.6 Å². The van der Waals surface area contributed by atoms with E-state index in [0.717, 1.165) is 12.0 Å². The van der Waals surface area contributed by atoms with Gasteiger partial charge in [-0.3, -0.25) is 14.4 Å². The minimum atomic E-state index is -1.59. The second kappa shape index (κ2) is 5.46. The van der Waals surface area contributed by atoms with Crippen molar-refractivity contribution >= 4 is 17.7 Å². The smallest absolute Gasteiger partial charge is 0.323 e. The van der Waals surface area contributed by atoms with Gasteiger partial charge in [-0.2, -0.15) is 0 Å². The Morgan fingerprint density at radius 2 is 1.88 bits per heavy atom. The number of phenolic OH excluding ortho intramolecular Hbond substituents is 2. The molecule has 7 nitrogen and oxygen atoms in total. The Hall–Kier alpha value is -2.57. The Bertz CT molecular complexity index is 834. The molecule has 7 heteroatoms. The van der Waals surface area contributed by atoms with Crippen LogP contribution in [0.5, 0.6) is 11.5 Å². The molecule has 1 amide bonds. The molecule has 2 fully saturated rings. The molecule has 1 aliphatic carbocycles. The fourth-order valence-electron chi connectivity index (χ4n) is 5.20. The van der Waals surface area contributed by atoms with E-state index in [1.165, 1.54) is 17.0 Å². The molecule has 2 aliphatic heterocycles. The lowest BCUT2D eigenvalue weighted by Gasteiger charge is -2.52. The standard InChI is InChI=1S/C19H21NO6/c1-2-26-17(25)18-6-3-4-7-19(18)12-10-14(22)13(21)9-11(12)5-8-20(19)16(24)15(18)23/h9-10,21-22H,2-8H2,1H3/t18-,19+/m0/s1. The average molecular weight is 359 g/mol. The normalized spacial score (nSPS) is 29.8. The lowest BCUT2D eigenvalue weighted by molar-refractivity contribution is -0.169. The summed E-state index contributed by atoms with van der Waals surface area (Å²) in [6, 6.07) is 2.87. The highest BCUT2D eigenvalue weighted by molar-refractivity contribution is 6.45. The Balaban J connectivity index is 2.04. The number of amides is 1. The van der Waals surface area contributed by atoms with Gasteiger partial charge in [0.25, 0.3) is 5.91 Å². The lowest BCUT2D eigenvalue weighted by Crippen LogP contribution is -2.60. The number of fused-ring (bicyclic) bond motifs is 1. The van der Waals surface area contributed by atoms with Crippen LogP contribution in [0.2, 0.25) is 0 Å². The van der Waals surface area contributed by atoms with Gasteiger partial charge in [-0.05, 0) is 49.4 Å². The maximum Gasteiger partial charge on any atom is 0.323 e. The average Bonchev–Trinajstić information content (AvgIpc) is 2.83. The van der Waals surface area contributed by atoms with E-state index in [1.807, 2.05) is 0 Å². The summed E-state index contributed by atoms with van der Waals surface area (Å²) < 4.78 is 5.27. The minimum absolute atomic E-state index is 0.117. The van der Waals surface area contributed by atoms with Crippen LogP contribution in [0.4, 0.5) is 0 Å². The molecule has 1 spiro atoms. The molecule has 2 atom stereocenters. The van der Waals surface area contributed by atoms with Crippen molar-refractivity contribution in [3.8, 4) is 11.5 Å². The van der Waals surface area contributed by atoms with E-state index in [0.29, 0.717) is 31.4 Å². The largest absolute Gasteiger partial charge is 0.504 e. The first-order valence-corrected chi connectivity index (χ1v) is 8.99. The molecule has 0 bridgehead atoms. The number of carbonyl (C=O) groups is 3. The topological polar surface area (TPSA) is 104 Å². The molecular weight excluding hydrogens is 338 g/mol. The van der Waals surface area contributed by atoms with Crippen LogP contribution in [-0.2, 0) is 31.1 Å². The molecule has 1 aromatic rings. The summed E-state index contributed by atoms with van der Waals surface area (Å²) in [5.74, 6) is -2.60. The minimum Gasteiger partial charge on any atom is -0.504 e. The molecule has 2 heterocycles. The van der Waals surface area contributed by atoms with Crippen molar-refractivity contribution in [3.63, 3.8) is 0 Å². The first kappa shape index (κ1) is 16.9. The zero-order valence-electron chi connectivity index (χ0n) is 14.6. The molecular formula is C19H21NO6. The summed E-state index contributed by atoms with van der Waals surface area (Å²) in [6.45, 7) is 2.08. The van der Waals surface area contributed by atoms with Gasteiger partial charge >= 0.3 is 5.97 Å². The summed E-state index contributed by atoms with van der Waals surface area (Å²) in [5.41, 5.74) is -1.41. The van der Waals surface area contributed by atoms with E-state index in [1.54, 1.807) is 6.92 Å². The number of hydrogen-bond acceptors (Lipinski definition) is 6. The van der Waals surface area contributed by atoms with Gasteiger partial charge in [0, 0.05) is 6.54 Å². The van der Waals surface area contributed by atoms with Gasteiger partial charge in [0.2, 0.25) is 5.78 Å². The summed E-state index contributed by atoms with van der Waals surface area (Å²) >= 11 is 0. The molecule has 26 heavy (non-hydrogen) atoms. The van der Waals surface area contributed by atoms with Crippen molar-refractivity contribution in [1.29, 1.82) is 0 Å². The Morgan fingerprint density at radius 3 is 2.62 bits per heavy atom. The highest BCUT2D eigenvalue weighted by Crippen LogP contribution is 2.62. The molecule has 0 radical (unpaired) electrons. The van der Waals surface area contributed by atoms with E-state index >= 15 is 0 Å². The Morgan fingerprint density at radius 1 is 1.19 bits per heavy atom. The second-order valence-corrected chi connectivity index (χ2v) is 7.23. The number of ether oxygens (including phenoxy) is 1. The number of carbonyl (C=O) groups excluding carboxylic acids is 3. The molecule has 138 valence electrons. The quantitative estimate of drug-likeness (QED) is 0.358. The fourth-order valence-corrected chi connectivity index (χ4v) is 5.20. The van der Waals surface area contributed by atoms with E-state index in [4.69, 9.17) is 4.74 Å². The lowest BCUT2D eigenvalue weighted by atomic mass is 9.56. The van der Waals surface area contributed by atoms with Crippen molar-refractivity contribution in [2.45, 2.75) is 44.6 Å². The molecule has 0 unspecified atom stereocenters. The first-order valence-electron chi connectivity index (χ1n) is 8.99. The molecule has 1 saturated carbocycles. The maximum atomic E-state index is 13.1. The molecule has 4 rings (SSSR count). The number of hydrogen-bond donors (Lipinski definition) is 2. The summed E-state index contributed by atoms with van der Waals surface area (Å²) in [6.07, 6.45) is 2.53. The number of ketones is 1. The van der Waals surface area contributed by atoms with Gasteiger partial charge in [-0.15, -0.1) is 0 Å². The highest BCUT2D eigenvalue weighted by Gasteiger charge is 2.75. The van der Waals surface area contributed by atoms with Crippen LogP contribution in [0.15, 0.2) is 12.1 Å². The van der Waals surface area contributed by atoms with E-state index in [2.05, 4.69) is 0 Å². The zero-order chi connectivity index (χ0) is 18.7. The van der Waals surface area contributed by atoms with Gasteiger partial charge in [0.15, 0.2) is 16.9 Å². The van der Waals surface area contributed by atoms with Crippen molar-refractivity contribution in [2.24, 2.45) is 5.41 Å². The summed E-state index contributed by atoms with van der Waals surface area (Å²) in [5, 5.41) is 20.0.